The van der Waals surface area contributed by atoms with Crippen LogP contribution < -0.4 is 9.64 Å². The van der Waals surface area contributed by atoms with Crippen LogP contribution in [-0.4, -0.2) is 33.1 Å². The summed E-state index contributed by atoms with van der Waals surface area (Å²) in [5.74, 6) is -0.951. The minimum Gasteiger partial charge on any atom is -0.507 e. The van der Waals surface area contributed by atoms with Gasteiger partial charge in [0.1, 0.15) is 22.6 Å². The fourth-order valence-corrected chi connectivity index (χ4v) is 5.08. The summed E-state index contributed by atoms with van der Waals surface area (Å²) in [6.45, 7) is 3.75. The van der Waals surface area contributed by atoms with E-state index in [9.17, 15) is 14.7 Å². The average molecular weight is 512 g/mol. The van der Waals surface area contributed by atoms with Gasteiger partial charge in [0.25, 0.3) is 5.78 Å². The van der Waals surface area contributed by atoms with E-state index in [0.29, 0.717) is 27.7 Å². The van der Waals surface area contributed by atoms with Crippen LogP contribution in [0.15, 0.2) is 52.5 Å². The molecule has 2 atom stereocenters. The van der Waals surface area contributed by atoms with Gasteiger partial charge in [0.05, 0.1) is 11.6 Å². The Morgan fingerprint density at radius 2 is 1.94 bits per heavy atom. The van der Waals surface area contributed by atoms with E-state index in [1.807, 2.05) is 37.3 Å². The average Bonchev–Trinajstić information content (AvgIpc) is 3.43. The molecule has 7 nitrogen and oxygen atoms in total. The van der Waals surface area contributed by atoms with E-state index in [-0.39, 0.29) is 17.4 Å². The van der Waals surface area contributed by atoms with Gasteiger partial charge in [-0.15, -0.1) is 10.2 Å². The lowest BCUT2D eigenvalue weighted by atomic mass is 9.94. The second-order valence-corrected chi connectivity index (χ2v) is 9.86. The van der Waals surface area contributed by atoms with Crippen molar-refractivity contribution in [2.45, 2.75) is 32.4 Å². The Balaban J connectivity index is 1.68. The number of ether oxygens (including phenoxy) is 1. The summed E-state index contributed by atoms with van der Waals surface area (Å²) in [5.41, 5.74) is 2.13. The van der Waals surface area contributed by atoms with Crippen molar-refractivity contribution in [3.8, 4) is 5.75 Å². The largest absolute Gasteiger partial charge is 0.507 e. The molecular formula is C23H18BrN3O4S. The molecule has 32 heavy (non-hydrogen) atoms. The number of aliphatic hydroxyl groups excluding tert-OH is 1. The fourth-order valence-electron chi connectivity index (χ4n) is 4.10. The topological polar surface area (TPSA) is 92.6 Å². The number of nitrogens with zero attached hydrogens (tertiary/aromatic N) is 3. The number of halogens is 1. The molecule has 3 heterocycles. The van der Waals surface area contributed by atoms with Crippen LogP contribution in [0.2, 0.25) is 0 Å². The summed E-state index contributed by atoms with van der Waals surface area (Å²) in [5, 5.41) is 20.3. The zero-order valence-corrected chi connectivity index (χ0v) is 19.6. The number of amides is 1. The highest BCUT2D eigenvalue weighted by atomic mass is 79.9. The molecule has 1 aromatic heterocycles. The first kappa shape index (κ1) is 20.8. The predicted molar refractivity (Wildman–Crippen MR) is 124 cm³/mol. The molecule has 5 rings (SSSR count). The maximum absolute atomic E-state index is 13.2. The van der Waals surface area contributed by atoms with E-state index in [1.165, 1.54) is 16.2 Å². The molecule has 2 aliphatic heterocycles. The zero-order valence-electron chi connectivity index (χ0n) is 17.2. The molecule has 162 valence electrons. The van der Waals surface area contributed by atoms with Crippen LogP contribution in [0.25, 0.3) is 5.76 Å². The number of rotatable bonds is 3. The van der Waals surface area contributed by atoms with E-state index in [2.05, 4.69) is 26.1 Å². The molecule has 0 unspecified atom stereocenters. The van der Waals surface area contributed by atoms with Crippen molar-refractivity contribution >= 4 is 49.8 Å². The smallest absolute Gasteiger partial charge is 0.301 e. The van der Waals surface area contributed by atoms with Crippen LogP contribution >= 0.6 is 27.3 Å². The van der Waals surface area contributed by atoms with Gasteiger partial charge in [-0.2, -0.15) is 0 Å². The number of aromatic nitrogens is 2. The van der Waals surface area contributed by atoms with Crippen LogP contribution in [-0.2, 0) is 16.0 Å². The number of benzene rings is 2. The molecule has 2 aliphatic rings. The lowest BCUT2D eigenvalue weighted by Gasteiger charge is -2.22. The number of aryl methyl sites for hydroxylation is 1. The third kappa shape index (κ3) is 3.41. The van der Waals surface area contributed by atoms with Crippen molar-refractivity contribution in [1.82, 2.24) is 10.2 Å². The van der Waals surface area contributed by atoms with Crippen molar-refractivity contribution < 1.29 is 19.4 Å². The van der Waals surface area contributed by atoms with Gasteiger partial charge in [-0.1, -0.05) is 39.4 Å². The SMILES string of the molecule is Cc1nnc(N2C(=O)C(=O)/C(=C(/O)c3ccc4c(c3)C[C@H](C)O4)[C@@H]2c2ccc(Br)cc2)s1. The van der Waals surface area contributed by atoms with Crippen LogP contribution in [0.3, 0.4) is 0 Å². The van der Waals surface area contributed by atoms with E-state index in [4.69, 9.17) is 4.74 Å². The molecule has 1 amide bonds. The normalized spacial score (nSPS) is 21.7. The molecule has 0 bridgehead atoms. The molecule has 0 aliphatic carbocycles. The highest BCUT2D eigenvalue weighted by Gasteiger charge is 2.48. The van der Waals surface area contributed by atoms with Gasteiger partial charge in [0, 0.05) is 16.5 Å². The van der Waals surface area contributed by atoms with Gasteiger partial charge in [0.15, 0.2) is 0 Å². The lowest BCUT2D eigenvalue weighted by Crippen LogP contribution is -2.29. The van der Waals surface area contributed by atoms with Crippen LogP contribution in [0.4, 0.5) is 5.13 Å². The first-order chi connectivity index (χ1) is 15.3. The minimum absolute atomic E-state index is 0.0251. The molecule has 1 saturated heterocycles. The molecule has 0 spiro atoms. The van der Waals surface area contributed by atoms with Crippen molar-refractivity contribution in [1.29, 1.82) is 0 Å². The molecule has 0 radical (unpaired) electrons. The fraction of sp³-hybridized carbons (Fsp3) is 0.217. The van der Waals surface area contributed by atoms with Crippen LogP contribution in [0.1, 0.15) is 34.7 Å². The third-order valence-corrected chi connectivity index (χ3v) is 6.89. The maximum Gasteiger partial charge on any atom is 0.301 e. The molecule has 0 saturated carbocycles. The van der Waals surface area contributed by atoms with Gasteiger partial charge in [-0.25, -0.2) is 0 Å². The number of anilines is 1. The summed E-state index contributed by atoms with van der Waals surface area (Å²) in [7, 11) is 0. The van der Waals surface area contributed by atoms with Gasteiger partial charge in [-0.3, -0.25) is 14.5 Å². The van der Waals surface area contributed by atoms with E-state index >= 15 is 0 Å². The van der Waals surface area contributed by atoms with Gasteiger partial charge < -0.3 is 9.84 Å². The molecule has 3 aromatic rings. The molecule has 2 aromatic carbocycles. The first-order valence-corrected chi connectivity index (χ1v) is 11.6. The van der Waals surface area contributed by atoms with Crippen LogP contribution in [0, 0.1) is 6.92 Å². The van der Waals surface area contributed by atoms with Gasteiger partial charge in [-0.05, 0) is 55.3 Å². The first-order valence-electron chi connectivity index (χ1n) is 10.00. The van der Waals surface area contributed by atoms with Gasteiger partial charge in [0.2, 0.25) is 5.13 Å². The Hall–Kier alpha value is -3.04. The summed E-state index contributed by atoms with van der Waals surface area (Å²) in [6, 6.07) is 11.8. The number of aliphatic hydroxyl groups is 1. The van der Waals surface area contributed by atoms with Crippen molar-refractivity contribution in [3.05, 3.63) is 74.2 Å². The minimum atomic E-state index is -0.820. The number of carbonyl (C=O) groups is 2. The third-order valence-electron chi connectivity index (χ3n) is 5.52. The maximum atomic E-state index is 13.2. The molecule has 9 heteroatoms. The summed E-state index contributed by atoms with van der Waals surface area (Å²) >= 11 is 4.63. The van der Waals surface area contributed by atoms with Crippen molar-refractivity contribution in [3.63, 3.8) is 0 Å². The standard InChI is InChI=1S/C23H18BrN3O4S/c1-11-9-15-10-14(5-8-17(15)31-11)20(28)18-19(13-3-6-16(24)7-4-13)27(22(30)21(18)29)23-26-25-12(2)32-23/h3-8,10-11,19,28H,9H2,1-2H3/b20-18+/t11-,19-/m0/s1. The quantitative estimate of drug-likeness (QED) is 0.314. The zero-order chi connectivity index (χ0) is 22.6. The van der Waals surface area contributed by atoms with Crippen LogP contribution in [0.5, 0.6) is 5.75 Å². The summed E-state index contributed by atoms with van der Waals surface area (Å²) in [6.07, 6.45) is 0.765. The second-order valence-electron chi connectivity index (χ2n) is 7.78. The Bertz CT molecular complexity index is 1280. The summed E-state index contributed by atoms with van der Waals surface area (Å²) in [4.78, 5) is 27.6. The Morgan fingerprint density at radius 3 is 2.62 bits per heavy atom. The molecule has 1 N–H and O–H groups in total. The Labute approximate surface area is 196 Å². The number of Topliss-reactive ketones (excluding diaryl/α,β-unsaturated/α-hetero) is 1. The lowest BCUT2D eigenvalue weighted by molar-refractivity contribution is -0.132. The Morgan fingerprint density at radius 1 is 1.19 bits per heavy atom. The monoisotopic (exact) mass is 511 g/mol. The number of hydrogen-bond donors (Lipinski definition) is 1. The highest BCUT2D eigenvalue weighted by molar-refractivity contribution is 9.10. The number of fused-ring (bicyclic) bond motifs is 1. The second kappa shape index (κ2) is 7.83. The van der Waals surface area contributed by atoms with Gasteiger partial charge >= 0.3 is 5.91 Å². The molecule has 1 fully saturated rings. The highest BCUT2D eigenvalue weighted by Crippen LogP contribution is 2.43. The number of carbonyl (C=O) groups excluding carboxylic acids is 2. The summed E-state index contributed by atoms with van der Waals surface area (Å²) < 4.78 is 6.60. The number of hydrogen-bond acceptors (Lipinski definition) is 7. The van der Waals surface area contributed by atoms with E-state index in [1.54, 1.807) is 19.1 Å². The van der Waals surface area contributed by atoms with Crippen molar-refractivity contribution in [2.75, 3.05) is 4.90 Å². The van der Waals surface area contributed by atoms with Crippen molar-refractivity contribution in [2.24, 2.45) is 0 Å². The van der Waals surface area contributed by atoms with E-state index < -0.39 is 17.7 Å². The predicted octanol–water partition coefficient (Wildman–Crippen LogP) is 4.56. The Kier molecular flexibility index (Phi) is 5.10. The van der Waals surface area contributed by atoms with E-state index in [0.717, 1.165) is 15.8 Å². The number of ketones is 1. The molecular weight excluding hydrogens is 494 g/mol.